The average molecular weight is 273 g/mol. The summed E-state index contributed by atoms with van der Waals surface area (Å²) >= 11 is 0. The molecule has 20 heavy (non-hydrogen) atoms. The molecule has 0 radical (unpaired) electrons. The highest BCUT2D eigenvalue weighted by Crippen LogP contribution is 2.42. The van der Waals surface area contributed by atoms with Gasteiger partial charge in [0.05, 0.1) is 0 Å². The first-order valence-corrected chi connectivity index (χ1v) is 8.46. The lowest BCUT2D eigenvalue weighted by Crippen LogP contribution is -2.46. The largest absolute Gasteiger partial charge is 0.327 e. The lowest BCUT2D eigenvalue weighted by molar-refractivity contribution is 0.229. The van der Waals surface area contributed by atoms with Crippen LogP contribution in [0.25, 0.3) is 0 Å². The van der Waals surface area contributed by atoms with Crippen molar-refractivity contribution < 1.29 is 0 Å². The Morgan fingerprint density at radius 1 is 1.00 bits per heavy atom. The van der Waals surface area contributed by atoms with E-state index in [1.165, 1.54) is 56.9 Å². The van der Waals surface area contributed by atoms with Crippen LogP contribution in [0.1, 0.15) is 70.8 Å². The van der Waals surface area contributed by atoms with E-state index < -0.39 is 0 Å². The van der Waals surface area contributed by atoms with Crippen molar-refractivity contribution in [1.29, 1.82) is 0 Å². The Labute approximate surface area is 125 Å². The van der Waals surface area contributed by atoms with Gasteiger partial charge in [-0.05, 0) is 30.7 Å². The molecular weight excluding hydrogens is 242 g/mol. The van der Waals surface area contributed by atoms with Crippen LogP contribution < -0.4 is 5.73 Å². The molecule has 1 heteroatoms. The van der Waals surface area contributed by atoms with Gasteiger partial charge in [-0.25, -0.2) is 0 Å². The first-order chi connectivity index (χ1) is 9.65. The summed E-state index contributed by atoms with van der Waals surface area (Å²) in [6.45, 7) is 4.61. The number of nitrogens with two attached hydrogens (primary N) is 1. The lowest BCUT2D eigenvalue weighted by atomic mass is 9.64. The van der Waals surface area contributed by atoms with Gasteiger partial charge in [0.2, 0.25) is 0 Å². The van der Waals surface area contributed by atoms with Crippen molar-refractivity contribution in [2.75, 3.05) is 0 Å². The first kappa shape index (κ1) is 15.6. The minimum absolute atomic E-state index is 0.247. The van der Waals surface area contributed by atoms with E-state index >= 15 is 0 Å². The van der Waals surface area contributed by atoms with Gasteiger partial charge in [0.25, 0.3) is 0 Å². The molecular formula is C19H31N. The molecule has 0 spiro atoms. The van der Waals surface area contributed by atoms with Crippen molar-refractivity contribution in [1.82, 2.24) is 0 Å². The highest BCUT2D eigenvalue weighted by molar-refractivity contribution is 5.28. The Hall–Kier alpha value is -0.820. The molecule has 0 amide bonds. The van der Waals surface area contributed by atoms with Crippen molar-refractivity contribution in [3.05, 3.63) is 35.9 Å². The van der Waals surface area contributed by atoms with E-state index in [0.29, 0.717) is 6.04 Å². The molecule has 1 saturated carbocycles. The number of hydrogen-bond acceptors (Lipinski definition) is 1. The highest BCUT2D eigenvalue weighted by Gasteiger charge is 2.38. The van der Waals surface area contributed by atoms with Gasteiger partial charge in [-0.2, -0.15) is 0 Å². The molecule has 1 aromatic carbocycles. The fourth-order valence-electron chi connectivity index (χ4n) is 3.85. The monoisotopic (exact) mass is 273 g/mol. The van der Waals surface area contributed by atoms with E-state index in [0.717, 1.165) is 5.92 Å². The molecule has 2 rings (SSSR count). The molecule has 1 fully saturated rings. The van der Waals surface area contributed by atoms with Crippen molar-refractivity contribution in [2.24, 2.45) is 11.7 Å². The highest BCUT2D eigenvalue weighted by atomic mass is 14.7. The number of rotatable bonds is 6. The molecule has 0 heterocycles. The van der Waals surface area contributed by atoms with Gasteiger partial charge in [0.15, 0.2) is 0 Å². The molecule has 1 unspecified atom stereocenters. The first-order valence-electron chi connectivity index (χ1n) is 8.46. The van der Waals surface area contributed by atoms with Crippen LogP contribution in [-0.4, -0.2) is 6.04 Å². The maximum atomic E-state index is 6.70. The third-order valence-electron chi connectivity index (χ3n) is 5.10. The van der Waals surface area contributed by atoms with Crippen molar-refractivity contribution in [3.8, 4) is 0 Å². The summed E-state index contributed by atoms with van der Waals surface area (Å²) in [5.74, 6) is 0.793. The van der Waals surface area contributed by atoms with Crippen molar-refractivity contribution in [2.45, 2.75) is 76.7 Å². The summed E-state index contributed by atoms with van der Waals surface area (Å²) in [4.78, 5) is 0. The van der Waals surface area contributed by atoms with E-state index in [-0.39, 0.29) is 5.41 Å². The molecule has 1 nitrogen and oxygen atoms in total. The maximum Gasteiger partial charge on any atom is 0.0136 e. The molecule has 1 aromatic rings. The topological polar surface area (TPSA) is 26.0 Å². The standard InChI is InChI=1S/C19H31N/c1-16(2)10-9-13-18(20)19(14-7-4-8-15-19)17-11-5-3-6-12-17/h3,5-6,11-12,16,18H,4,7-10,13-15,20H2,1-2H3. The predicted molar refractivity (Wildman–Crippen MR) is 87.9 cm³/mol. The summed E-state index contributed by atoms with van der Waals surface area (Å²) in [6, 6.07) is 11.4. The molecule has 1 atom stereocenters. The SMILES string of the molecule is CC(C)CCCC(N)C1(c2ccccc2)CCCCC1. The summed E-state index contributed by atoms with van der Waals surface area (Å²) in [7, 11) is 0. The van der Waals surface area contributed by atoms with Gasteiger partial charge < -0.3 is 5.73 Å². The predicted octanol–water partition coefficient (Wildman–Crippen LogP) is 5.04. The summed E-state index contributed by atoms with van der Waals surface area (Å²) < 4.78 is 0. The summed E-state index contributed by atoms with van der Waals surface area (Å²) in [6.07, 6.45) is 10.4. The van der Waals surface area contributed by atoms with Gasteiger partial charge in [-0.3, -0.25) is 0 Å². The smallest absolute Gasteiger partial charge is 0.0136 e. The third kappa shape index (κ3) is 3.63. The normalized spacial score (nSPS) is 20.0. The van der Waals surface area contributed by atoms with Gasteiger partial charge in [-0.15, -0.1) is 0 Å². The number of hydrogen-bond donors (Lipinski definition) is 1. The van der Waals surface area contributed by atoms with E-state index in [1.54, 1.807) is 0 Å². The second kappa shape index (κ2) is 7.26. The van der Waals surface area contributed by atoms with Crippen LogP contribution in [0, 0.1) is 5.92 Å². The van der Waals surface area contributed by atoms with Gasteiger partial charge in [0.1, 0.15) is 0 Å². The maximum absolute atomic E-state index is 6.70. The Balaban J connectivity index is 2.10. The second-order valence-electron chi connectivity index (χ2n) is 7.01. The molecule has 0 aromatic heterocycles. The molecule has 2 N–H and O–H groups in total. The van der Waals surface area contributed by atoms with E-state index in [2.05, 4.69) is 44.2 Å². The van der Waals surface area contributed by atoms with Crippen LogP contribution in [0.4, 0.5) is 0 Å². The summed E-state index contributed by atoms with van der Waals surface area (Å²) in [5, 5.41) is 0. The average Bonchev–Trinajstić information content (AvgIpc) is 2.48. The molecule has 0 saturated heterocycles. The molecule has 1 aliphatic rings. The lowest BCUT2D eigenvalue weighted by Gasteiger charge is -2.43. The van der Waals surface area contributed by atoms with Crippen LogP contribution in [0.15, 0.2) is 30.3 Å². The van der Waals surface area contributed by atoms with E-state index in [1.807, 2.05) is 0 Å². The number of benzene rings is 1. The molecule has 0 bridgehead atoms. The Bertz CT molecular complexity index is 376. The zero-order valence-electron chi connectivity index (χ0n) is 13.3. The second-order valence-corrected chi connectivity index (χ2v) is 7.01. The zero-order valence-corrected chi connectivity index (χ0v) is 13.3. The van der Waals surface area contributed by atoms with Crippen molar-refractivity contribution in [3.63, 3.8) is 0 Å². The zero-order chi connectivity index (χ0) is 14.4. The molecule has 1 aliphatic carbocycles. The Morgan fingerprint density at radius 2 is 1.65 bits per heavy atom. The van der Waals surface area contributed by atoms with Crippen LogP contribution in [0.5, 0.6) is 0 Å². The minimum atomic E-state index is 0.247. The van der Waals surface area contributed by atoms with Gasteiger partial charge >= 0.3 is 0 Å². The Morgan fingerprint density at radius 3 is 2.25 bits per heavy atom. The molecule has 112 valence electrons. The van der Waals surface area contributed by atoms with Crippen LogP contribution >= 0.6 is 0 Å². The van der Waals surface area contributed by atoms with Gasteiger partial charge in [0, 0.05) is 11.5 Å². The van der Waals surface area contributed by atoms with Crippen LogP contribution in [0.2, 0.25) is 0 Å². The summed E-state index contributed by atoms with van der Waals surface area (Å²) in [5.41, 5.74) is 8.43. The van der Waals surface area contributed by atoms with Crippen LogP contribution in [-0.2, 0) is 5.41 Å². The van der Waals surface area contributed by atoms with E-state index in [9.17, 15) is 0 Å². The minimum Gasteiger partial charge on any atom is -0.327 e. The Kier molecular flexibility index (Phi) is 5.65. The quantitative estimate of drug-likeness (QED) is 0.772. The van der Waals surface area contributed by atoms with Crippen molar-refractivity contribution >= 4 is 0 Å². The van der Waals surface area contributed by atoms with Crippen LogP contribution in [0.3, 0.4) is 0 Å². The van der Waals surface area contributed by atoms with E-state index in [4.69, 9.17) is 5.73 Å². The fourth-order valence-corrected chi connectivity index (χ4v) is 3.85. The van der Waals surface area contributed by atoms with Gasteiger partial charge in [-0.1, -0.05) is 76.3 Å². The fraction of sp³-hybridized carbons (Fsp3) is 0.684. The third-order valence-corrected chi connectivity index (χ3v) is 5.10. The molecule has 0 aliphatic heterocycles.